The summed E-state index contributed by atoms with van der Waals surface area (Å²) in [5.41, 5.74) is 1.87. The molecular formula is C10H8N4. The van der Waals surface area contributed by atoms with E-state index in [2.05, 4.69) is 16.4 Å². The fourth-order valence-electron chi connectivity index (χ4n) is 1.31. The van der Waals surface area contributed by atoms with Gasteiger partial charge in [-0.25, -0.2) is 4.68 Å². The lowest BCUT2D eigenvalue weighted by atomic mass is 10.1. The molecule has 0 bridgehead atoms. The molecule has 4 heteroatoms. The lowest BCUT2D eigenvalue weighted by Gasteiger charge is -2.04. The number of benzene rings is 1. The van der Waals surface area contributed by atoms with Gasteiger partial charge in [0.25, 0.3) is 0 Å². The van der Waals surface area contributed by atoms with Gasteiger partial charge in [-0.15, -0.1) is 5.10 Å². The molecule has 0 radical (unpaired) electrons. The maximum absolute atomic E-state index is 8.65. The zero-order valence-corrected chi connectivity index (χ0v) is 7.46. The molecule has 4 nitrogen and oxygen atoms in total. The minimum atomic E-state index is 0.385. The van der Waals surface area contributed by atoms with Gasteiger partial charge in [0, 0.05) is 0 Å². The van der Waals surface area contributed by atoms with Crippen LogP contribution in [0.3, 0.4) is 0 Å². The van der Waals surface area contributed by atoms with Crippen molar-refractivity contribution in [2.45, 2.75) is 6.42 Å². The number of hydrogen-bond donors (Lipinski definition) is 0. The minimum Gasteiger partial charge on any atom is -0.220 e. The molecule has 0 fully saturated rings. The van der Waals surface area contributed by atoms with E-state index in [4.69, 9.17) is 5.26 Å². The van der Waals surface area contributed by atoms with E-state index >= 15 is 0 Å². The molecule has 2 rings (SSSR count). The Morgan fingerprint density at radius 1 is 1.36 bits per heavy atom. The summed E-state index contributed by atoms with van der Waals surface area (Å²) >= 11 is 0. The minimum absolute atomic E-state index is 0.385. The van der Waals surface area contributed by atoms with E-state index in [-0.39, 0.29) is 0 Å². The Balaban J connectivity index is 2.48. The van der Waals surface area contributed by atoms with Crippen LogP contribution in [-0.4, -0.2) is 15.0 Å². The van der Waals surface area contributed by atoms with Gasteiger partial charge >= 0.3 is 0 Å². The number of rotatable bonds is 2. The molecule has 0 saturated heterocycles. The summed E-state index contributed by atoms with van der Waals surface area (Å²) in [5, 5.41) is 16.3. The Hall–Kier alpha value is -2.15. The molecule has 0 aliphatic rings. The molecule has 0 aliphatic carbocycles. The molecule has 14 heavy (non-hydrogen) atoms. The summed E-state index contributed by atoms with van der Waals surface area (Å²) in [6.07, 6.45) is 3.76. The molecule has 1 aromatic heterocycles. The van der Waals surface area contributed by atoms with Crippen LogP contribution in [0.4, 0.5) is 0 Å². The van der Waals surface area contributed by atoms with Crippen LogP contribution in [0, 0.1) is 11.3 Å². The fraction of sp³-hybridized carbons (Fsp3) is 0.100. The molecule has 0 spiro atoms. The van der Waals surface area contributed by atoms with Gasteiger partial charge in [0.1, 0.15) is 0 Å². The van der Waals surface area contributed by atoms with Crippen LogP contribution in [0.1, 0.15) is 5.56 Å². The van der Waals surface area contributed by atoms with Crippen molar-refractivity contribution in [3.05, 3.63) is 42.2 Å². The smallest absolute Gasteiger partial charge is 0.0705 e. The molecule has 0 N–H and O–H groups in total. The molecule has 68 valence electrons. The average Bonchev–Trinajstić information content (AvgIpc) is 2.72. The molecule has 1 heterocycles. The third-order valence-electron chi connectivity index (χ3n) is 1.93. The first kappa shape index (κ1) is 8.45. The molecule has 0 saturated carbocycles. The van der Waals surface area contributed by atoms with Crippen molar-refractivity contribution in [1.29, 1.82) is 5.26 Å². The van der Waals surface area contributed by atoms with Crippen LogP contribution in [0.15, 0.2) is 36.7 Å². The van der Waals surface area contributed by atoms with Crippen LogP contribution >= 0.6 is 0 Å². The average molecular weight is 184 g/mol. The Morgan fingerprint density at radius 3 is 2.93 bits per heavy atom. The third kappa shape index (κ3) is 1.48. The van der Waals surface area contributed by atoms with Crippen molar-refractivity contribution in [2.24, 2.45) is 0 Å². The van der Waals surface area contributed by atoms with E-state index in [9.17, 15) is 0 Å². The predicted octanol–water partition coefficient (Wildman–Crippen LogP) is 1.33. The van der Waals surface area contributed by atoms with Gasteiger partial charge in [-0.3, -0.25) is 0 Å². The van der Waals surface area contributed by atoms with E-state index in [0.717, 1.165) is 11.3 Å². The number of nitriles is 1. The lowest BCUT2D eigenvalue weighted by Crippen LogP contribution is -1.99. The highest BCUT2D eigenvalue weighted by Crippen LogP contribution is 2.12. The van der Waals surface area contributed by atoms with Crippen LogP contribution in [0.5, 0.6) is 0 Å². The first-order valence-corrected chi connectivity index (χ1v) is 4.23. The highest BCUT2D eigenvalue weighted by Gasteiger charge is 2.02. The maximum atomic E-state index is 8.65. The van der Waals surface area contributed by atoms with Gasteiger partial charge < -0.3 is 0 Å². The number of aromatic nitrogens is 3. The number of nitrogens with zero attached hydrogens (tertiary/aromatic N) is 4. The Morgan fingerprint density at radius 2 is 2.21 bits per heavy atom. The van der Waals surface area contributed by atoms with Crippen molar-refractivity contribution in [3.8, 4) is 11.8 Å². The normalized spacial score (nSPS) is 9.64. The van der Waals surface area contributed by atoms with Crippen LogP contribution in [0.25, 0.3) is 5.69 Å². The third-order valence-corrected chi connectivity index (χ3v) is 1.93. The highest BCUT2D eigenvalue weighted by atomic mass is 15.4. The second-order valence-corrected chi connectivity index (χ2v) is 2.81. The van der Waals surface area contributed by atoms with Gasteiger partial charge in [-0.2, -0.15) is 5.26 Å². The summed E-state index contributed by atoms with van der Waals surface area (Å²) in [5.74, 6) is 0. The number of para-hydroxylation sites is 1. The van der Waals surface area contributed by atoms with Crippen LogP contribution < -0.4 is 0 Å². The highest BCUT2D eigenvalue weighted by molar-refractivity contribution is 5.41. The molecular weight excluding hydrogens is 176 g/mol. The summed E-state index contributed by atoms with van der Waals surface area (Å²) in [6, 6.07) is 9.78. The van der Waals surface area contributed by atoms with E-state index in [1.165, 1.54) is 0 Å². The maximum Gasteiger partial charge on any atom is 0.0705 e. The van der Waals surface area contributed by atoms with E-state index in [1.807, 2.05) is 24.3 Å². The first-order chi connectivity index (χ1) is 6.92. The van der Waals surface area contributed by atoms with Crippen molar-refractivity contribution < 1.29 is 0 Å². The molecule has 0 atom stereocenters. The van der Waals surface area contributed by atoms with Gasteiger partial charge in [0.2, 0.25) is 0 Å². The van der Waals surface area contributed by atoms with Gasteiger partial charge in [-0.05, 0) is 11.6 Å². The summed E-state index contributed by atoms with van der Waals surface area (Å²) in [6.45, 7) is 0. The molecule has 2 aromatic rings. The Labute approximate surface area is 81.4 Å². The SMILES string of the molecule is N#CCc1ccccc1-n1ccnn1. The van der Waals surface area contributed by atoms with Crippen molar-refractivity contribution >= 4 is 0 Å². The second-order valence-electron chi connectivity index (χ2n) is 2.81. The topological polar surface area (TPSA) is 54.5 Å². The predicted molar refractivity (Wildman–Crippen MR) is 50.7 cm³/mol. The number of hydrogen-bond acceptors (Lipinski definition) is 3. The summed E-state index contributed by atoms with van der Waals surface area (Å²) in [7, 11) is 0. The molecule has 1 aromatic carbocycles. The first-order valence-electron chi connectivity index (χ1n) is 4.23. The summed E-state index contributed by atoms with van der Waals surface area (Å²) < 4.78 is 1.66. The molecule has 0 unspecified atom stereocenters. The van der Waals surface area contributed by atoms with E-state index in [1.54, 1.807) is 17.1 Å². The lowest BCUT2D eigenvalue weighted by molar-refractivity contribution is 0.796. The Kier molecular flexibility index (Phi) is 2.24. The largest absolute Gasteiger partial charge is 0.220 e. The van der Waals surface area contributed by atoms with Crippen LogP contribution in [-0.2, 0) is 6.42 Å². The van der Waals surface area contributed by atoms with Crippen LogP contribution in [0.2, 0.25) is 0 Å². The zero-order valence-electron chi connectivity index (χ0n) is 7.46. The fourth-order valence-corrected chi connectivity index (χ4v) is 1.31. The standard InChI is InChI=1S/C10H8N4/c11-6-5-9-3-1-2-4-10(9)14-8-7-12-13-14/h1-4,7-8H,5H2. The zero-order chi connectivity index (χ0) is 9.80. The van der Waals surface area contributed by atoms with Gasteiger partial charge in [-0.1, -0.05) is 23.4 Å². The van der Waals surface area contributed by atoms with E-state index < -0.39 is 0 Å². The van der Waals surface area contributed by atoms with Crippen molar-refractivity contribution in [3.63, 3.8) is 0 Å². The van der Waals surface area contributed by atoms with Gasteiger partial charge in [0.15, 0.2) is 0 Å². The quantitative estimate of drug-likeness (QED) is 0.707. The van der Waals surface area contributed by atoms with E-state index in [0.29, 0.717) is 6.42 Å². The molecule has 0 amide bonds. The molecule has 0 aliphatic heterocycles. The van der Waals surface area contributed by atoms with Crippen molar-refractivity contribution in [1.82, 2.24) is 15.0 Å². The Bertz CT molecular complexity index is 453. The second kappa shape index (κ2) is 3.71. The monoisotopic (exact) mass is 184 g/mol. The van der Waals surface area contributed by atoms with Crippen molar-refractivity contribution in [2.75, 3.05) is 0 Å². The summed E-state index contributed by atoms with van der Waals surface area (Å²) in [4.78, 5) is 0. The van der Waals surface area contributed by atoms with Gasteiger partial charge in [0.05, 0.1) is 30.6 Å².